The zero-order chi connectivity index (χ0) is 37.5. The average Bonchev–Trinajstić information content (AvgIpc) is 3.93. The molecule has 0 aliphatic heterocycles. The second kappa shape index (κ2) is 13.5. The molecule has 0 bridgehead atoms. The molecule has 8 heteroatoms. The number of pyridine rings is 1. The largest absolute Gasteiger partial charge is 0.456 e. The van der Waals surface area contributed by atoms with Crippen LogP contribution in [-0.2, 0) is 20.1 Å². The van der Waals surface area contributed by atoms with Gasteiger partial charge >= 0.3 is 0 Å². The summed E-state index contributed by atoms with van der Waals surface area (Å²) >= 11 is 0. The first-order chi connectivity index (χ1) is 28.2. The molecule has 0 saturated heterocycles. The smallest absolute Gasteiger partial charge is 0.240 e. The molecule has 1 radical (unpaired) electrons. The Bertz CT molecular complexity index is 3480. The fourth-order valence-electron chi connectivity index (χ4n) is 8.36. The average molecular weight is 922 g/mol. The van der Waals surface area contributed by atoms with E-state index in [1.165, 1.54) is 0 Å². The molecular weight excluding hydrogens is 893 g/mol. The van der Waals surface area contributed by atoms with Crippen LogP contribution in [0.2, 0.25) is 0 Å². The first-order valence-electron chi connectivity index (χ1n) is 18.9. The monoisotopic (exact) mass is 922 g/mol. The Kier molecular flexibility index (Phi) is 7.89. The molecule has 0 aliphatic carbocycles. The molecule has 58 heavy (non-hydrogen) atoms. The summed E-state index contributed by atoms with van der Waals surface area (Å²) < 4.78 is 10.8. The van der Waals surface area contributed by atoms with Crippen molar-refractivity contribution in [3.8, 4) is 45.7 Å². The van der Waals surface area contributed by atoms with Crippen LogP contribution < -0.4 is 0 Å². The van der Waals surface area contributed by atoms with Gasteiger partial charge in [0.1, 0.15) is 11.2 Å². The molecule has 0 atom stereocenters. The van der Waals surface area contributed by atoms with Gasteiger partial charge in [-0.25, -0.2) is 0 Å². The molecule has 0 N–H and O–H groups in total. The van der Waals surface area contributed by atoms with Gasteiger partial charge < -0.3 is 9.40 Å². The summed E-state index contributed by atoms with van der Waals surface area (Å²) in [7, 11) is 0. The first kappa shape index (κ1) is 34.0. The Morgan fingerprint density at radius 2 is 1.07 bits per heavy atom. The summed E-state index contributed by atoms with van der Waals surface area (Å²) in [6.45, 7) is 0. The van der Waals surface area contributed by atoms with E-state index in [0.717, 1.165) is 93.5 Å². The SMILES string of the molecule is [Ir].[c-]1ccc(-c2ccc3c(c2)c2cc4c(cc2n3-c2nc(-c3ccccc3)nc(-n3c5ccccc5c5ccccc53)n2)oc2ccccc24)cc1-c1ccccn1. The van der Waals surface area contributed by atoms with E-state index in [1.807, 2.05) is 72.9 Å². The third-order valence-electron chi connectivity index (χ3n) is 11.0. The van der Waals surface area contributed by atoms with Gasteiger partial charge in [0.2, 0.25) is 11.9 Å². The number of hydrogen-bond donors (Lipinski definition) is 0. The van der Waals surface area contributed by atoms with Crippen LogP contribution in [0.4, 0.5) is 0 Å². The number of furan rings is 1. The van der Waals surface area contributed by atoms with E-state index in [4.69, 9.17) is 19.4 Å². The molecule has 5 aromatic heterocycles. The summed E-state index contributed by atoms with van der Waals surface area (Å²) in [4.78, 5) is 20.4. The van der Waals surface area contributed by atoms with Crippen molar-refractivity contribution in [3.05, 3.63) is 182 Å². The zero-order valence-corrected chi connectivity index (χ0v) is 33.1. The Labute approximate surface area is 345 Å². The predicted octanol–water partition coefficient (Wildman–Crippen LogP) is 12.2. The molecule has 7 aromatic carbocycles. The van der Waals surface area contributed by atoms with Gasteiger partial charge in [-0.3, -0.25) is 9.13 Å². The molecule has 0 unspecified atom stereocenters. The first-order valence-corrected chi connectivity index (χ1v) is 18.9. The quantitative estimate of drug-likeness (QED) is 0.161. The molecule has 5 heterocycles. The van der Waals surface area contributed by atoms with Crippen LogP contribution >= 0.6 is 0 Å². The number of para-hydroxylation sites is 3. The summed E-state index contributed by atoms with van der Waals surface area (Å²) in [5, 5.41) is 6.54. The van der Waals surface area contributed by atoms with E-state index >= 15 is 0 Å². The molecule has 12 aromatic rings. The van der Waals surface area contributed by atoms with E-state index in [0.29, 0.717) is 17.7 Å². The molecule has 7 nitrogen and oxygen atoms in total. The topological polar surface area (TPSA) is 74.6 Å². The molecule has 275 valence electrons. The molecule has 0 aliphatic rings. The van der Waals surface area contributed by atoms with Gasteiger partial charge in [0.25, 0.3) is 0 Å². The summed E-state index contributed by atoms with van der Waals surface area (Å²) in [5.74, 6) is 1.63. The second-order valence-electron chi connectivity index (χ2n) is 14.2. The van der Waals surface area contributed by atoms with Crippen molar-refractivity contribution >= 4 is 65.6 Å². The van der Waals surface area contributed by atoms with Crippen molar-refractivity contribution in [3.63, 3.8) is 0 Å². The summed E-state index contributed by atoms with van der Waals surface area (Å²) in [6.07, 6.45) is 1.81. The van der Waals surface area contributed by atoms with Gasteiger partial charge in [0, 0.05) is 70.2 Å². The van der Waals surface area contributed by atoms with E-state index in [9.17, 15) is 0 Å². The normalized spacial score (nSPS) is 11.7. The van der Waals surface area contributed by atoms with Crippen LogP contribution in [0.25, 0.3) is 111 Å². The third kappa shape index (κ3) is 5.30. The number of hydrogen-bond acceptors (Lipinski definition) is 5. The number of aromatic nitrogens is 6. The molecule has 0 fully saturated rings. The zero-order valence-electron chi connectivity index (χ0n) is 30.7. The van der Waals surface area contributed by atoms with E-state index in [1.54, 1.807) is 0 Å². The minimum Gasteiger partial charge on any atom is -0.456 e. The molecular formula is C50H29IrN6O-. The van der Waals surface area contributed by atoms with Crippen LogP contribution in [0.5, 0.6) is 0 Å². The van der Waals surface area contributed by atoms with E-state index in [2.05, 4.69) is 123 Å². The Balaban J connectivity index is 0.00000385. The fraction of sp³-hybridized carbons (Fsp3) is 0. The Morgan fingerprint density at radius 1 is 0.431 bits per heavy atom. The van der Waals surface area contributed by atoms with Gasteiger partial charge in [0.05, 0.1) is 22.1 Å². The molecule has 0 amide bonds. The fourth-order valence-corrected chi connectivity index (χ4v) is 8.36. The Morgan fingerprint density at radius 3 is 1.83 bits per heavy atom. The van der Waals surface area contributed by atoms with E-state index < -0.39 is 0 Å². The summed E-state index contributed by atoms with van der Waals surface area (Å²) in [5.41, 5.74) is 10.5. The van der Waals surface area contributed by atoms with Crippen molar-refractivity contribution in [2.45, 2.75) is 0 Å². The van der Waals surface area contributed by atoms with Crippen LogP contribution in [0.1, 0.15) is 0 Å². The molecule has 0 spiro atoms. The van der Waals surface area contributed by atoms with Crippen molar-refractivity contribution in [1.29, 1.82) is 0 Å². The van der Waals surface area contributed by atoms with Gasteiger partial charge in [-0.15, -0.1) is 35.4 Å². The van der Waals surface area contributed by atoms with Gasteiger partial charge in [-0.1, -0.05) is 103 Å². The number of benzene rings is 7. The predicted molar refractivity (Wildman–Crippen MR) is 229 cm³/mol. The summed E-state index contributed by atoms with van der Waals surface area (Å²) in [6, 6.07) is 61.7. The molecule has 12 rings (SSSR count). The maximum absolute atomic E-state index is 6.49. The van der Waals surface area contributed by atoms with Gasteiger partial charge in [-0.2, -0.15) is 15.0 Å². The van der Waals surface area contributed by atoms with Gasteiger partial charge in [-0.05, 0) is 53.7 Å². The Hall–Kier alpha value is -7.25. The van der Waals surface area contributed by atoms with Crippen molar-refractivity contribution in [2.75, 3.05) is 0 Å². The molecule has 0 saturated carbocycles. The van der Waals surface area contributed by atoms with E-state index in [-0.39, 0.29) is 20.1 Å². The maximum atomic E-state index is 6.49. The van der Waals surface area contributed by atoms with Crippen LogP contribution in [0.3, 0.4) is 0 Å². The minimum atomic E-state index is 0. The van der Waals surface area contributed by atoms with Crippen molar-refractivity contribution in [1.82, 2.24) is 29.1 Å². The maximum Gasteiger partial charge on any atom is 0.240 e. The van der Waals surface area contributed by atoms with Crippen molar-refractivity contribution < 1.29 is 24.5 Å². The van der Waals surface area contributed by atoms with Crippen LogP contribution in [-0.4, -0.2) is 29.1 Å². The van der Waals surface area contributed by atoms with Crippen molar-refractivity contribution in [2.24, 2.45) is 0 Å². The number of rotatable bonds is 5. The van der Waals surface area contributed by atoms with Gasteiger partial charge in [0.15, 0.2) is 5.82 Å². The number of nitrogens with zero attached hydrogens (tertiary/aromatic N) is 6. The third-order valence-corrected chi connectivity index (χ3v) is 11.0. The van der Waals surface area contributed by atoms with Crippen LogP contribution in [0.15, 0.2) is 180 Å². The second-order valence-corrected chi connectivity index (χ2v) is 14.2. The number of fused-ring (bicyclic) bond motifs is 9. The van der Waals surface area contributed by atoms with Crippen LogP contribution in [0, 0.1) is 6.07 Å². The standard InChI is InChI=1S/C50H29N6O.Ir/c1-2-13-31(14-3-1)48-52-49(55-42-21-7-4-17-35(42)36-18-5-8-22-43(36)55)54-50(53-48)56-44-25-24-33(32-15-12-16-34(27-32)41-20-10-11-26-51-41)28-38(44)39-29-40-37-19-6-9-23-46(37)57-47(40)30-45(39)56;/h1-15,17-30H;/q-1;. The minimum absolute atomic E-state index is 0.